The van der Waals surface area contributed by atoms with Crippen LogP contribution in [0.4, 0.5) is 0 Å². The van der Waals surface area contributed by atoms with E-state index in [2.05, 4.69) is 61.5 Å². The molecule has 0 heterocycles. The van der Waals surface area contributed by atoms with Crippen molar-refractivity contribution in [1.82, 2.24) is 0 Å². The van der Waals surface area contributed by atoms with Crippen LogP contribution in [0.3, 0.4) is 0 Å². The Balaban J connectivity index is 3.18. The first-order valence-corrected chi connectivity index (χ1v) is 5.13. The van der Waals surface area contributed by atoms with Crippen molar-refractivity contribution >= 4 is 28.6 Å². The first kappa shape index (κ1) is 10.1. The monoisotopic (exact) mass is 244 g/mol. The number of hydrogen-bond donors (Lipinski definition) is 1. The summed E-state index contributed by atoms with van der Waals surface area (Å²) in [5, 5.41) is 0. The summed E-state index contributed by atoms with van der Waals surface area (Å²) in [5.41, 5.74) is 1.50. The molecule has 2 heteroatoms. The second-order valence-corrected chi connectivity index (χ2v) is 5.38. The van der Waals surface area contributed by atoms with E-state index in [1.165, 1.54) is 5.56 Å². The minimum Gasteiger partial charge on any atom is -0.143 e. The number of benzene rings is 1. The van der Waals surface area contributed by atoms with Crippen LogP contribution in [-0.4, -0.2) is 0 Å². The van der Waals surface area contributed by atoms with Crippen LogP contribution < -0.4 is 0 Å². The molecule has 1 aromatic rings. The van der Waals surface area contributed by atoms with Crippen molar-refractivity contribution in [1.29, 1.82) is 0 Å². The Bertz CT molecular complexity index is 266. The molecule has 0 N–H and O–H groups in total. The molecule has 0 saturated carbocycles. The Morgan fingerprint density at radius 3 is 2.17 bits per heavy atom. The van der Waals surface area contributed by atoms with E-state index in [-0.39, 0.29) is 5.41 Å². The van der Waals surface area contributed by atoms with Gasteiger partial charge in [-0.3, -0.25) is 0 Å². The van der Waals surface area contributed by atoms with Crippen LogP contribution in [0.15, 0.2) is 27.6 Å². The lowest BCUT2D eigenvalue weighted by atomic mass is 9.87. The lowest BCUT2D eigenvalue weighted by molar-refractivity contribution is 0.588. The number of hydrogen-bond acceptors (Lipinski definition) is 1. The van der Waals surface area contributed by atoms with Crippen LogP contribution >= 0.6 is 28.6 Å². The summed E-state index contributed by atoms with van der Waals surface area (Å²) in [6, 6.07) is 6.24. The fraction of sp³-hybridized carbons (Fsp3) is 0.400. The molecule has 0 aliphatic rings. The SMILES string of the molecule is CC(C)(C)c1cc(S)cc(Br)c1. The van der Waals surface area contributed by atoms with E-state index in [0.29, 0.717) is 0 Å². The molecule has 0 fully saturated rings. The largest absolute Gasteiger partial charge is 0.143 e. The molecular weight excluding hydrogens is 232 g/mol. The highest BCUT2D eigenvalue weighted by molar-refractivity contribution is 9.10. The van der Waals surface area contributed by atoms with Gasteiger partial charge in [-0.1, -0.05) is 36.7 Å². The Morgan fingerprint density at radius 2 is 1.75 bits per heavy atom. The summed E-state index contributed by atoms with van der Waals surface area (Å²) in [5.74, 6) is 0. The molecule has 12 heavy (non-hydrogen) atoms. The zero-order valence-corrected chi connectivity index (χ0v) is 10.0. The van der Waals surface area contributed by atoms with Crippen molar-refractivity contribution < 1.29 is 0 Å². The molecule has 0 nitrogen and oxygen atoms in total. The fourth-order valence-electron chi connectivity index (χ4n) is 1.01. The lowest BCUT2D eigenvalue weighted by Crippen LogP contribution is -2.10. The smallest absolute Gasteiger partial charge is 0.0189 e. The van der Waals surface area contributed by atoms with Crippen molar-refractivity contribution in [2.75, 3.05) is 0 Å². The average molecular weight is 245 g/mol. The van der Waals surface area contributed by atoms with Gasteiger partial charge in [-0.2, -0.15) is 0 Å². The van der Waals surface area contributed by atoms with Crippen molar-refractivity contribution in [3.05, 3.63) is 28.2 Å². The molecule has 0 aliphatic heterocycles. The summed E-state index contributed by atoms with van der Waals surface area (Å²) < 4.78 is 1.10. The molecule has 0 spiro atoms. The van der Waals surface area contributed by atoms with Crippen LogP contribution in [0.5, 0.6) is 0 Å². The topological polar surface area (TPSA) is 0 Å². The first-order chi connectivity index (χ1) is 5.39. The van der Waals surface area contributed by atoms with Crippen molar-refractivity contribution in [2.24, 2.45) is 0 Å². The minimum absolute atomic E-state index is 0.196. The van der Waals surface area contributed by atoms with E-state index in [9.17, 15) is 0 Å². The second-order valence-electron chi connectivity index (χ2n) is 3.95. The van der Waals surface area contributed by atoms with Gasteiger partial charge in [0.1, 0.15) is 0 Å². The lowest BCUT2D eigenvalue weighted by Gasteiger charge is -2.19. The van der Waals surface area contributed by atoms with Gasteiger partial charge in [-0.05, 0) is 29.2 Å². The van der Waals surface area contributed by atoms with Gasteiger partial charge in [0, 0.05) is 9.37 Å². The predicted molar refractivity (Wildman–Crippen MR) is 60.1 cm³/mol. The van der Waals surface area contributed by atoms with E-state index in [4.69, 9.17) is 0 Å². The maximum absolute atomic E-state index is 4.33. The van der Waals surface area contributed by atoms with Gasteiger partial charge >= 0.3 is 0 Å². The number of rotatable bonds is 0. The van der Waals surface area contributed by atoms with E-state index in [0.717, 1.165) is 9.37 Å². The highest BCUT2D eigenvalue weighted by Crippen LogP contribution is 2.27. The van der Waals surface area contributed by atoms with Gasteiger partial charge in [-0.25, -0.2) is 0 Å². The van der Waals surface area contributed by atoms with Gasteiger partial charge in [0.2, 0.25) is 0 Å². The molecule has 0 aliphatic carbocycles. The number of thiol groups is 1. The first-order valence-electron chi connectivity index (χ1n) is 3.89. The maximum atomic E-state index is 4.33. The third-order valence-corrected chi connectivity index (χ3v) is 2.46. The van der Waals surface area contributed by atoms with E-state index >= 15 is 0 Å². The molecule has 66 valence electrons. The van der Waals surface area contributed by atoms with Crippen molar-refractivity contribution in [2.45, 2.75) is 31.1 Å². The second kappa shape index (κ2) is 3.43. The number of halogens is 1. The Kier molecular flexibility index (Phi) is 2.89. The molecule has 0 amide bonds. The molecule has 1 aromatic carbocycles. The third kappa shape index (κ3) is 2.53. The molecular formula is C10H13BrS. The molecule has 0 bridgehead atoms. The Labute approximate surface area is 87.9 Å². The summed E-state index contributed by atoms with van der Waals surface area (Å²) in [6.07, 6.45) is 0. The predicted octanol–water partition coefficient (Wildman–Crippen LogP) is 4.04. The standard InChI is InChI=1S/C10H13BrS/c1-10(2,3)7-4-8(11)6-9(12)5-7/h4-6,12H,1-3H3. The van der Waals surface area contributed by atoms with Gasteiger partial charge in [-0.15, -0.1) is 12.6 Å². The van der Waals surface area contributed by atoms with Crippen LogP contribution in [0.2, 0.25) is 0 Å². The zero-order chi connectivity index (χ0) is 9.35. The summed E-state index contributed by atoms with van der Waals surface area (Å²) in [6.45, 7) is 6.59. The van der Waals surface area contributed by atoms with Crippen LogP contribution in [0, 0.1) is 0 Å². The summed E-state index contributed by atoms with van der Waals surface area (Å²) in [7, 11) is 0. The Morgan fingerprint density at radius 1 is 1.17 bits per heavy atom. The molecule has 0 unspecified atom stereocenters. The molecule has 0 saturated heterocycles. The molecule has 0 radical (unpaired) electrons. The maximum Gasteiger partial charge on any atom is 0.0189 e. The van der Waals surface area contributed by atoms with Crippen molar-refractivity contribution in [3.63, 3.8) is 0 Å². The van der Waals surface area contributed by atoms with Gasteiger partial charge in [0.25, 0.3) is 0 Å². The average Bonchev–Trinajstić information content (AvgIpc) is 1.82. The fourth-order valence-corrected chi connectivity index (χ4v) is 1.96. The zero-order valence-electron chi connectivity index (χ0n) is 7.56. The van der Waals surface area contributed by atoms with Gasteiger partial charge in [0.05, 0.1) is 0 Å². The summed E-state index contributed by atoms with van der Waals surface area (Å²) in [4.78, 5) is 1.01. The van der Waals surface area contributed by atoms with Gasteiger partial charge < -0.3 is 0 Å². The van der Waals surface area contributed by atoms with Crippen LogP contribution in [0.1, 0.15) is 26.3 Å². The minimum atomic E-state index is 0.196. The normalized spacial score (nSPS) is 11.8. The summed E-state index contributed by atoms with van der Waals surface area (Å²) >= 11 is 7.78. The van der Waals surface area contributed by atoms with Crippen molar-refractivity contribution in [3.8, 4) is 0 Å². The highest BCUT2D eigenvalue weighted by atomic mass is 79.9. The van der Waals surface area contributed by atoms with Crippen LogP contribution in [-0.2, 0) is 5.41 Å². The highest BCUT2D eigenvalue weighted by Gasteiger charge is 2.13. The van der Waals surface area contributed by atoms with Gasteiger partial charge in [0.15, 0.2) is 0 Å². The molecule has 0 atom stereocenters. The Hall–Kier alpha value is 0.0500. The van der Waals surface area contributed by atoms with E-state index < -0.39 is 0 Å². The van der Waals surface area contributed by atoms with Crippen LogP contribution in [0.25, 0.3) is 0 Å². The molecule has 1 rings (SSSR count). The van der Waals surface area contributed by atoms with E-state index in [1.807, 2.05) is 6.07 Å². The quantitative estimate of drug-likeness (QED) is 0.655. The van der Waals surface area contributed by atoms with E-state index in [1.54, 1.807) is 0 Å². The molecule has 0 aromatic heterocycles. The third-order valence-electron chi connectivity index (χ3n) is 1.75.